The summed E-state index contributed by atoms with van der Waals surface area (Å²) >= 11 is 0. The summed E-state index contributed by atoms with van der Waals surface area (Å²) in [7, 11) is 0. The van der Waals surface area contributed by atoms with Crippen LogP contribution in [0.4, 0.5) is 0 Å². The Morgan fingerprint density at radius 2 is 1.46 bits per heavy atom. The molecule has 0 spiro atoms. The van der Waals surface area contributed by atoms with Gasteiger partial charge in [-0.3, -0.25) is 0 Å². The molecule has 39 heavy (non-hydrogen) atoms. The molecule has 1 radical (unpaired) electrons. The number of hydrogen-bond acceptors (Lipinski definition) is 1. The van der Waals surface area contributed by atoms with Gasteiger partial charge in [0.15, 0.2) is 0 Å². The van der Waals surface area contributed by atoms with Crippen LogP contribution in [0, 0.1) is 6.07 Å². The Hall–Kier alpha value is -4.04. The van der Waals surface area contributed by atoms with Crippen LogP contribution in [0.15, 0.2) is 115 Å². The molecule has 7 aromatic rings. The van der Waals surface area contributed by atoms with E-state index in [1.54, 1.807) is 0 Å². The first-order chi connectivity index (χ1) is 18.6. The summed E-state index contributed by atoms with van der Waals surface area (Å²) in [6.45, 7) is 4.69. The Morgan fingerprint density at radius 3 is 2.36 bits per heavy atom. The number of pyridine rings is 1. The van der Waals surface area contributed by atoms with E-state index in [0.29, 0.717) is 0 Å². The molecule has 2 aromatic heterocycles. The maximum absolute atomic E-state index is 4.77. The second-order valence-corrected chi connectivity index (χ2v) is 10.8. The van der Waals surface area contributed by atoms with Crippen molar-refractivity contribution in [2.75, 3.05) is 0 Å². The van der Waals surface area contributed by atoms with Gasteiger partial charge in [-0.1, -0.05) is 80.6 Å². The van der Waals surface area contributed by atoms with Crippen LogP contribution in [0.1, 0.15) is 26.4 Å². The summed E-state index contributed by atoms with van der Waals surface area (Å²) in [4.78, 5) is 4.77. The molecule has 8 rings (SSSR count). The summed E-state index contributed by atoms with van der Waals surface area (Å²) in [6, 6.07) is 42.8. The quantitative estimate of drug-likeness (QED) is 0.167. The first-order valence-corrected chi connectivity index (χ1v) is 13.1. The van der Waals surface area contributed by atoms with E-state index in [4.69, 9.17) is 4.98 Å². The van der Waals surface area contributed by atoms with E-state index in [1.807, 2.05) is 12.3 Å². The number of fused-ring (bicyclic) bond motifs is 7. The van der Waals surface area contributed by atoms with Crippen molar-refractivity contribution in [2.45, 2.75) is 19.3 Å². The van der Waals surface area contributed by atoms with Crippen LogP contribution in [0.3, 0.4) is 0 Å². The Balaban J connectivity index is 0.00000145. The van der Waals surface area contributed by atoms with Gasteiger partial charge in [0, 0.05) is 43.9 Å². The third-order valence-electron chi connectivity index (χ3n) is 8.35. The second kappa shape index (κ2) is 8.74. The van der Waals surface area contributed by atoms with Crippen molar-refractivity contribution in [3.05, 3.63) is 133 Å². The summed E-state index contributed by atoms with van der Waals surface area (Å²) in [5.41, 5.74) is 11.0. The molecule has 0 saturated heterocycles. The van der Waals surface area contributed by atoms with Gasteiger partial charge in [0.2, 0.25) is 0 Å². The SMILES string of the molecule is CC1(C)c2ccccc2-c2cc3c4ccccc4n(-c4cc[c-]c(-c5nccc6ccccc56)c4)c3cc21.[2HH].[Ir]. The normalized spacial score (nSPS) is 13.4. The van der Waals surface area contributed by atoms with Crippen LogP contribution < -0.4 is 0 Å². The van der Waals surface area contributed by atoms with Crippen LogP contribution in [-0.4, -0.2) is 9.55 Å². The van der Waals surface area contributed by atoms with Crippen molar-refractivity contribution in [3.8, 4) is 28.1 Å². The molecule has 1 aliphatic carbocycles. The molecule has 0 bridgehead atoms. The predicted molar refractivity (Wildman–Crippen MR) is 160 cm³/mol. The third kappa shape index (κ3) is 3.40. The summed E-state index contributed by atoms with van der Waals surface area (Å²) in [5.74, 6) is 0. The first-order valence-electron chi connectivity index (χ1n) is 13.1. The molecule has 5 aromatic carbocycles. The molecular formula is C36H27IrN2-. The van der Waals surface area contributed by atoms with Crippen LogP contribution >= 0.6 is 0 Å². The fourth-order valence-corrected chi connectivity index (χ4v) is 6.51. The summed E-state index contributed by atoms with van der Waals surface area (Å²) in [5, 5.41) is 4.88. The average Bonchev–Trinajstić information content (AvgIpc) is 3.40. The molecule has 0 saturated carbocycles. The van der Waals surface area contributed by atoms with Gasteiger partial charge in [-0.25, -0.2) is 0 Å². The topological polar surface area (TPSA) is 17.8 Å². The smallest absolute Gasteiger partial charge is 0.0527 e. The molecule has 0 amide bonds. The van der Waals surface area contributed by atoms with Crippen molar-refractivity contribution in [3.63, 3.8) is 0 Å². The maximum atomic E-state index is 4.77. The van der Waals surface area contributed by atoms with Gasteiger partial charge in [0.1, 0.15) is 0 Å². The largest absolute Gasteiger partial charge is 0.327 e. The van der Waals surface area contributed by atoms with Crippen LogP contribution in [-0.2, 0) is 25.5 Å². The minimum Gasteiger partial charge on any atom is -0.327 e. The second-order valence-electron chi connectivity index (χ2n) is 10.8. The van der Waals surface area contributed by atoms with Gasteiger partial charge in [-0.05, 0) is 68.7 Å². The monoisotopic (exact) mass is 681 g/mol. The molecule has 2 heterocycles. The van der Waals surface area contributed by atoms with Gasteiger partial charge < -0.3 is 9.55 Å². The molecule has 3 heteroatoms. The predicted octanol–water partition coefficient (Wildman–Crippen LogP) is 9.35. The van der Waals surface area contributed by atoms with Crippen molar-refractivity contribution >= 4 is 32.6 Å². The standard InChI is InChI=1S/C36H25N2.Ir.H2/c1-36(2)31-16-7-5-14-27(31)29-21-30-28-15-6-8-17-33(28)38(34(30)22-32(29)36)25-12-9-11-24(20-25)35-26-13-4-3-10-23(26)18-19-37-35;;/h3-10,12-22H,1-2H3;;1H/q-1;;/i;;1+1. The van der Waals surface area contributed by atoms with Gasteiger partial charge in [-0.15, -0.1) is 29.8 Å². The number of hydrogen-bond donors (Lipinski definition) is 0. The molecule has 1 aliphatic rings. The van der Waals surface area contributed by atoms with E-state index in [1.165, 1.54) is 49.4 Å². The number of nitrogens with zero attached hydrogens (tertiary/aromatic N) is 2. The molecule has 0 N–H and O–H groups in total. The average molecular weight is 681 g/mol. The minimum absolute atomic E-state index is 0. The number of rotatable bonds is 2. The van der Waals surface area contributed by atoms with E-state index in [0.717, 1.165) is 22.3 Å². The fourth-order valence-electron chi connectivity index (χ4n) is 6.51. The molecule has 0 atom stereocenters. The van der Waals surface area contributed by atoms with Crippen LogP contribution in [0.2, 0.25) is 0 Å². The van der Waals surface area contributed by atoms with E-state index < -0.39 is 0 Å². The Kier molecular flexibility index (Phi) is 5.39. The molecule has 0 fully saturated rings. The zero-order valence-corrected chi connectivity index (χ0v) is 24.1. The van der Waals surface area contributed by atoms with Gasteiger partial charge in [-0.2, -0.15) is 0 Å². The molecule has 191 valence electrons. The molecular weight excluding hydrogens is 653 g/mol. The van der Waals surface area contributed by atoms with Crippen molar-refractivity contribution in [1.29, 1.82) is 0 Å². The number of benzene rings is 5. The minimum atomic E-state index is -0.0517. The van der Waals surface area contributed by atoms with Crippen molar-refractivity contribution < 1.29 is 21.5 Å². The first kappa shape index (κ1) is 24.0. The summed E-state index contributed by atoms with van der Waals surface area (Å²) in [6.07, 6.45) is 1.89. The molecule has 0 aliphatic heterocycles. The summed E-state index contributed by atoms with van der Waals surface area (Å²) < 4.78 is 2.41. The van der Waals surface area contributed by atoms with E-state index in [2.05, 4.69) is 128 Å². The zero-order chi connectivity index (χ0) is 25.4. The van der Waals surface area contributed by atoms with Crippen molar-refractivity contribution in [2.24, 2.45) is 0 Å². The van der Waals surface area contributed by atoms with Crippen LogP contribution in [0.25, 0.3) is 60.6 Å². The van der Waals surface area contributed by atoms with E-state index >= 15 is 0 Å². The fraction of sp³-hybridized carbons (Fsp3) is 0.0833. The Morgan fingerprint density at radius 1 is 0.692 bits per heavy atom. The number of para-hydroxylation sites is 1. The van der Waals surface area contributed by atoms with E-state index in [-0.39, 0.29) is 26.9 Å². The van der Waals surface area contributed by atoms with Gasteiger partial charge in [0.05, 0.1) is 11.0 Å². The van der Waals surface area contributed by atoms with Crippen LogP contribution in [0.5, 0.6) is 0 Å². The van der Waals surface area contributed by atoms with Gasteiger partial charge >= 0.3 is 0 Å². The van der Waals surface area contributed by atoms with Crippen molar-refractivity contribution in [1.82, 2.24) is 9.55 Å². The Bertz CT molecular complexity index is 2070. The molecule has 0 unspecified atom stereocenters. The third-order valence-corrected chi connectivity index (χ3v) is 8.35. The number of aromatic nitrogens is 2. The maximum Gasteiger partial charge on any atom is 0.0527 e. The zero-order valence-electron chi connectivity index (χ0n) is 21.7. The Labute approximate surface area is 242 Å². The van der Waals surface area contributed by atoms with E-state index in [9.17, 15) is 0 Å². The molecule has 2 nitrogen and oxygen atoms in total. The van der Waals surface area contributed by atoms with Gasteiger partial charge in [0.25, 0.3) is 0 Å².